The van der Waals surface area contributed by atoms with Gasteiger partial charge in [-0.05, 0) is 56.5 Å². The van der Waals surface area contributed by atoms with E-state index < -0.39 is 23.3 Å². The van der Waals surface area contributed by atoms with Gasteiger partial charge in [0.1, 0.15) is 24.3 Å². The number of likely N-dealkylation sites (tertiary alicyclic amines) is 1. The Morgan fingerprint density at radius 1 is 1.15 bits per heavy atom. The van der Waals surface area contributed by atoms with E-state index in [0.717, 1.165) is 32.0 Å². The SMILES string of the molecule is CCc1cc(-c2cc(Cl)ccc2OCCn2c(C)nc3cc(C(F)(F)F)c(N4CC5(C4)CN(C4CC4)C5)c(C#N)c3c2=O)c2scc(C(=O)O)c2n1. The minimum Gasteiger partial charge on any atom is -0.491 e. The predicted molar refractivity (Wildman–Crippen MR) is 192 cm³/mol. The maximum absolute atomic E-state index is 14.5. The Kier molecular flexibility index (Phi) is 8.24. The van der Waals surface area contributed by atoms with Crippen LogP contribution in [0.1, 0.15) is 52.8 Å². The number of aromatic nitrogens is 3. The molecule has 0 bridgehead atoms. The van der Waals surface area contributed by atoms with Crippen LogP contribution in [0.15, 0.2) is 40.5 Å². The van der Waals surface area contributed by atoms with Crippen LogP contribution in [0, 0.1) is 23.7 Å². The van der Waals surface area contributed by atoms with Crippen LogP contribution in [0.3, 0.4) is 0 Å². The number of benzene rings is 2. The van der Waals surface area contributed by atoms with Crippen LogP contribution in [0.25, 0.3) is 32.2 Å². The number of nitriles is 1. The fourth-order valence-electron chi connectivity index (χ4n) is 7.71. The molecular formula is C37H32ClF3N6O4S. The monoisotopic (exact) mass is 748 g/mol. The molecule has 8 rings (SSSR count). The molecular weight excluding hydrogens is 717 g/mol. The molecule has 268 valence electrons. The normalized spacial score (nSPS) is 17.0. The first kappa shape index (κ1) is 34.4. The van der Waals surface area contributed by atoms with E-state index >= 15 is 0 Å². The number of hydrogen-bond donors (Lipinski definition) is 1. The minimum atomic E-state index is -4.76. The summed E-state index contributed by atoms with van der Waals surface area (Å²) in [6, 6.07) is 10.3. The van der Waals surface area contributed by atoms with Crippen LogP contribution >= 0.6 is 22.9 Å². The number of halogens is 4. The number of thiophene rings is 1. The van der Waals surface area contributed by atoms with Gasteiger partial charge in [-0.2, -0.15) is 18.4 Å². The lowest BCUT2D eigenvalue weighted by atomic mass is 9.72. The van der Waals surface area contributed by atoms with Crippen LogP contribution in [-0.2, 0) is 19.1 Å². The first-order valence-electron chi connectivity index (χ1n) is 16.9. The predicted octanol–water partition coefficient (Wildman–Crippen LogP) is 7.15. The largest absolute Gasteiger partial charge is 0.491 e. The molecule has 3 aliphatic rings. The molecule has 0 atom stereocenters. The molecule has 52 heavy (non-hydrogen) atoms. The van der Waals surface area contributed by atoms with Crippen LogP contribution in [0.5, 0.6) is 5.75 Å². The number of nitrogens with zero attached hydrogens (tertiary/aromatic N) is 6. The second kappa shape index (κ2) is 12.5. The summed E-state index contributed by atoms with van der Waals surface area (Å²) in [5.41, 5.74) is -0.0241. The van der Waals surface area contributed by atoms with Crippen LogP contribution < -0.4 is 15.2 Å². The molecule has 0 unspecified atom stereocenters. The van der Waals surface area contributed by atoms with E-state index in [1.54, 1.807) is 28.5 Å². The van der Waals surface area contributed by atoms with Crippen molar-refractivity contribution < 1.29 is 27.8 Å². The highest BCUT2D eigenvalue weighted by molar-refractivity contribution is 7.18. The van der Waals surface area contributed by atoms with E-state index in [0.29, 0.717) is 63.4 Å². The third kappa shape index (κ3) is 5.75. The Balaban J connectivity index is 1.12. The number of carboxylic acid groups (broad SMARTS) is 1. The van der Waals surface area contributed by atoms with Crippen molar-refractivity contribution in [3.63, 3.8) is 0 Å². The van der Waals surface area contributed by atoms with Gasteiger partial charge in [0.05, 0.1) is 50.0 Å². The van der Waals surface area contributed by atoms with E-state index in [4.69, 9.17) is 16.3 Å². The molecule has 3 aromatic heterocycles. The van der Waals surface area contributed by atoms with Crippen molar-refractivity contribution in [2.24, 2.45) is 5.41 Å². The van der Waals surface area contributed by atoms with Gasteiger partial charge in [-0.15, -0.1) is 11.3 Å². The Hall–Kier alpha value is -4.71. The maximum Gasteiger partial charge on any atom is 0.418 e. The lowest BCUT2D eigenvalue weighted by molar-refractivity contribution is -0.137. The van der Waals surface area contributed by atoms with Crippen LogP contribution in [-0.4, -0.2) is 69.3 Å². The molecule has 3 fully saturated rings. The number of hydrogen-bond acceptors (Lipinski definition) is 9. The lowest BCUT2D eigenvalue weighted by Crippen LogP contribution is -2.72. The van der Waals surface area contributed by atoms with Gasteiger partial charge in [0.25, 0.3) is 5.56 Å². The third-order valence-electron chi connectivity index (χ3n) is 10.3. The summed E-state index contributed by atoms with van der Waals surface area (Å²) in [6.07, 6.45) is -1.89. The van der Waals surface area contributed by atoms with Gasteiger partial charge in [0.2, 0.25) is 0 Å². The summed E-state index contributed by atoms with van der Waals surface area (Å²) < 4.78 is 51.8. The van der Waals surface area contributed by atoms with Gasteiger partial charge < -0.3 is 14.7 Å². The standard InChI is InChI=1S/C37H32ClF3N6O4S/c1-3-21-11-24(33-31(44-21)26(14-52-33)35(49)50)23-10-20(38)4-7-29(23)51-9-8-47-19(2)43-28-12-27(37(39,40)41)32(25(13-42)30(28)34(47)48)46-17-36(18-46)15-45(16-36)22-5-6-22/h4,7,10-12,14,22H,3,5-6,8-9,15-18H2,1-2H3,(H,49,50). The number of aryl methyl sites for hydroxylation is 2. The second-order valence-corrected chi connectivity index (χ2v) is 15.2. The summed E-state index contributed by atoms with van der Waals surface area (Å²) in [7, 11) is 0. The smallest absolute Gasteiger partial charge is 0.418 e. The molecule has 0 amide bonds. The molecule has 1 saturated carbocycles. The molecule has 5 aromatic rings. The molecule has 2 aromatic carbocycles. The number of pyridine rings is 1. The summed E-state index contributed by atoms with van der Waals surface area (Å²) in [6.45, 7) is 5.82. The number of carbonyl (C=O) groups is 1. The average Bonchev–Trinajstić information content (AvgIpc) is 3.80. The summed E-state index contributed by atoms with van der Waals surface area (Å²) in [5, 5.41) is 21.9. The summed E-state index contributed by atoms with van der Waals surface area (Å²) in [4.78, 5) is 38.9. The summed E-state index contributed by atoms with van der Waals surface area (Å²) in [5.74, 6) is -0.497. The maximum atomic E-state index is 14.5. The quantitative estimate of drug-likeness (QED) is 0.167. The second-order valence-electron chi connectivity index (χ2n) is 13.9. The third-order valence-corrected chi connectivity index (χ3v) is 11.5. The molecule has 2 aliphatic heterocycles. The van der Waals surface area contributed by atoms with E-state index in [-0.39, 0.29) is 52.1 Å². The molecule has 10 nitrogen and oxygen atoms in total. The Morgan fingerprint density at radius 2 is 1.90 bits per heavy atom. The first-order chi connectivity index (χ1) is 24.8. The fraction of sp³-hybridized carbons (Fsp3) is 0.378. The lowest BCUT2D eigenvalue weighted by Gasteiger charge is -2.61. The fourth-order valence-corrected chi connectivity index (χ4v) is 8.89. The van der Waals surface area contributed by atoms with Gasteiger partial charge in [-0.1, -0.05) is 18.5 Å². The van der Waals surface area contributed by atoms with Gasteiger partial charge in [0, 0.05) is 64.9 Å². The molecule has 2 saturated heterocycles. The van der Waals surface area contributed by atoms with E-state index in [1.165, 1.54) is 22.8 Å². The topological polar surface area (TPSA) is 125 Å². The van der Waals surface area contributed by atoms with Gasteiger partial charge in [-0.3, -0.25) is 19.2 Å². The molecule has 1 N–H and O–H groups in total. The first-order valence-corrected chi connectivity index (χ1v) is 18.2. The molecule has 1 spiro atoms. The van der Waals surface area contributed by atoms with Crippen molar-refractivity contribution in [3.05, 3.63) is 79.3 Å². The number of fused-ring (bicyclic) bond motifs is 2. The zero-order valence-electron chi connectivity index (χ0n) is 28.2. The van der Waals surface area contributed by atoms with Gasteiger partial charge in [-0.25, -0.2) is 9.78 Å². The van der Waals surface area contributed by atoms with Crippen molar-refractivity contribution in [3.8, 4) is 22.9 Å². The van der Waals surface area contributed by atoms with E-state index in [2.05, 4.69) is 14.9 Å². The Morgan fingerprint density at radius 3 is 2.56 bits per heavy atom. The number of aromatic carboxylic acids is 1. The van der Waals surface area contributed by atoms with Crippen molar-refractivity contribution in [1.29, 1.82) is 5.26 Å². The highest BCUT2D eigenvalue weighted by Gasteiger charge is 2.56. The number of anilines is 1. The van der Waals surface area contributed by atoms with Crippen molar-refractivity contribution in [2.75, 3.05) is 37.7 Å². The van der Waals surface area contributed by atoms with Gasteiger partial charge in [0.15, 0.2) is 0 Å². The van der Waals surface area contributed by atoms with E-state index in [9.17, 15) is 33.1 Å². The minimum absolute atomic E-state index is 0.0190. The number of carboxylic acids is 1. The van der Waals surface area contributed by atoms with E-state index in [1.807, 2.05) is 19.1 Å². The Labute approximate surface area is 304 Å². The number of rotatable bonds is 9. The highest BCUT2D eigenvalue weighted by Crippen LogP contribution is 2.50. The zero-order chi connectivity index (χ0) is 36.7. The number of alkyl halides is 3. The Bertz CT molecular complexity index is 2400. The van der Waals surface area contributed by atoms with Crippen molar-refractivity contribution in [1.82, 2.24) is 19.4 Å². The van der Waals surface area contributed by atoms with Crippen molar-refractivity contribution in [2.45, 2.75) is 51.9 Å². The average molecular weight is 749 g/mol. The van der Waals surface area contributed by atoms with Crippen LogP contribution in [0.2, 0.25) is 5.02 Å². The zero-order valence-corrected chi connectivity index (χ0v) is 29.8. The molecule has 0 radical (unpaired) electrons. The molecule has 5 heterocycles. The molecule has 1 aliphatic carbocycles. The summed E-state index contributed by atoms with van der Waals surface area (Å²) >= 11 is 7.67. The highest BCUT2D eigenvalue weighted by atomic mass is 35.5. The number of ether oxygens (including phenoxy) is 1. The van der Waals surface area contributed by atoms with Crippen molar-refractivity contribution >= 4 is 55.7 Å². The molecule has 15 heteroatoms. The van der Waals surface area contributed by atoms with Gasteiger partial charge >= 0.3 is 12.1 Å². The van der Waals surface area contributed by atoms with Crippen LogP contribution in [0.4, 0.5) is 18.9 Å².